The molecule has 1 aliphatic carbocycles. The van der Waals surface area contributed by atoms with Gasteiger partial charge in [-0.3, -0.25) is 4.79 Å². The van der Waals surface area contributed by atoms with Gasteiger partial charge in [-0.05, 0) is 29.5 Å². The Balaban J connectivity index is 2.06. The molecule has 3 rings (SSSR count). The highest BCUT2D eigenvalue weighted by Gasteiger charge is 2.36. The number of carbonyl (C=O) groups excluding carboxylic acids is 1. The molecule has 0 fully saturated rings. The Morgan fingerprint density at radius 3 is 2.50 bits per heavy atom. The normalized spacial score (nSPS) is 21.1. The monoisotopic (exact) mass is 266 g/mol. The van der Waals surface area contributed by atoms with Crippen molar-refractivity contribution in [2.45, 2.75) is 24.7 Å². The predicted octanol–water partition coefficient (Wildman–Crippen LogP) is 3.67. The quantitative estimate of drug-likeness (QED) is 0.775. The van der Waals surface area contributed by atoms with Gasteiger partial charge in [0.15, 0.2) is 0 Å². The fourth-order valence-electron chi connectivity index (χ4n) is 3.24. The molecule has 2 atom stereocenters. The molecule has 2 aromatic carbocycles. The molecule has 20 heavy (non-hydrogen) atoms. The molecule has 2 heteroatoms. The highest BCUT2D eigenvalue weighted by atomic mass is 16.5. The van der Waals surface area contributed by atoms with Crippen molar-refractivity contribution >= 4 is 5.97 Å². The zero-order valence-electron chi connectivity index (χ0n) is 11.6. The van der Waals surface area contributed by atoms with E-state index in [9.17, 15) is 4.79 Å². The van der Waals surface area contributed by atoms with Crippen LogP contribution in [0.3, 0.4) is 0 Å². The number of carbonyl (C=O) groups is 1. The summed E-state index contributed by atoms with van der Waals surface area (Å²) >= 11 is 0. The Morgan fingerprint density at radius 2 is 1.75 bits per heavy atom. The van der Waals surface area contributed by atoms with E-state index in [1.165, 1.54) is 18.2 Å². The SMILES string of the molecule is COC(=O)[C@@H]1c2ccccc2CC[C@@H]1c1ccccc1. The standard InChI is InChI=1S/C18H18O2/c1-20-18(19)17-15-10-6-5-9-14(15)11-12-16(17)13-7-3-2-4-8-13/h2-10,16-17H,11-12H2,1H3/t16-,17-/m1/s1. The Morgan fingerprint density at radius 1 is 1.05 bits per heavy atom. The molecule has 0 heterocycles. The van der Waals surface area contributed by atoms with Crippen molar-refractivity contribution in [1.82, 2.24) is 0 Å². The highest BCUT2D eigenvalue weighted by Crippen LogP contribution is 2.42. The number of esters is 1. The molecule has 0 aliphatic heterocycles. The van der Waals surface area contributed by atoms with Crippen molar-refractivity contribution < 1.29 is 9.53 Å². The summed E-state index contributed by atoms with van der Waals surface area (Å²) in [5.74, 6) is -0.114. The fourth-order valence-corrected chi connectivity index (χ4v) is 3.24. The van der Waals surface area contributed by atoms with Gasteiger partial charge in [-0.15, -0.1) is 0 Å². The highest BCUT2D eigenvalue weighted by molar-refractivity contribution is 5.80. The van der Waals surface area contributed by atoms with Gasteiger partial charge >= 0.3 is 5.97 Å². The van der Waals surface area contributed by atoms with Crippen LogP contribution in [0.1, 0.15) is 34.9 Å². The van der Waals surface area contributed by atoms with Crippen LogP contribution in [-0.4, -0.2) is 13.1 Å². The van der Waals surface area contributed by atoms with Crippen LogP contribution in [-0.2, 0) is 16.0 Å². The van der Waals surface area contributed by atoms with Crippen LogP contribution in [0.15, 0.2) is 54.6 Å². The maximum Gasteiger partial charge on any atom is 0.313 e. The maximum absolute atomic E-state index is 12.3. The predicted molar refractivity (Wildman–Crippen MR) is 78.7 cm³/mol. The average Bonchev–Trinajstić information content (AvgIpc) is 2.54. The van der Waals surface area contributed by atoms with Crippen LogP contribution in [0.4, 0.5) is 0 Å². The third-order valence-corrected chi connectivity index (χ3v) is 4.20. The van der Waals surface area contributed by atoms with E-state index in [1.807, 2.05) is 30.3 Å². The van der Waals surface area contributed by atoms with Crippen molar-refractivity contribution in [2.24, 2.45) is 0 Å². The number of benzene rings is 2. The molecule has 2 nitrogen and oxygen atoms in total. The Hall–Kier alpha value is -2.09. The van der Waals surface area contributed by atoms with Crippen LogP contribution < -0.4 is 0 Å². The van der Waals surface area contributed by atoms with E-state index in [0.29, 0.717) is 0 Å². The van der Waals surface area contributed by atoms with E-state index in [0.717, 1.165) is 18.4 Å². The van der Waals surface area contributed by atoms with Crippen molar-refractivity contribution in [3.8, 4) is 0 Å². The molecule has 0 radical (unpaired) electrons. The molecule has 0 amide bonds. The Kier molecular flexibility index (Phi) is 3.55. The minimum Gasteiger partial charge on any atom is -0.469 e. The van der Waals surface area contributed by atoms with E-state index >= 15 is 0 Å². The van der Waals surface area contributed by atoms with Crippen LogP contribution in [0, 0.1) is 0 Å². The van der Waals surface area contributed by atoms with Gasteiger partial charge in [0.1, 0.15) is 0 Å². The lowest BCUT2D eigenvalue weighted by Crippen LogP contribution is -2.27. The number of rotatable bonds is 2. The minimum absolute atomic E-state index is 0.133. The second-order valence-electron chi connectivity index (χ2n) is 5.26. The first-order valence-corrected chi connectivity index (χ1v) is 7.02. The van der Waals surface area contributed by atoms with Crippen LogP contribution >= 0.6 is 0 Å². The molecular weight excluding hydrogens is 248 g/mol. The van der Waals surface area contributed by atoms with Gasteiger partial charge in [0.2, 0.25) is 0 Å². The van der Waals surface area contributed by atoms with E-state index in [-0.39, 0.29) is 17.8 Å². The number of hydrogen-bond donors (Lipinski definition) is 0. The molecule has 0 N–H and O–H groups in total. The van der Waals surface area contributed by atoms with Crippen molar-refractivity contribution in [3.05, 3.63) is 71.3 Å². The van der Waals surface area contributed by atoms with Crippen LogP contribution in [0.5, 0.6) is 0 Å². The average molecular weight is 266 g/mol. The van der Waals surface area contributed by atoms with Gasteiger partial charge in [-0.25, -0.2) is 0 Å². The van der Waals surface area contributed by atoms with Crippen LogP contribution in [0.2, 0.25) is 0 Å². The van der Waals surface area contributed by atoms with Gasteiger partial charge in [-0.1, -0.05) is 54.6 Å². The second-order valence-corrected chi connectivity index (χ2v) is 5.26. The van der Waals surface area contributed by atoms with Gasteiger partial charge < -0.3 is 4.74 Å². The summed E-state index contributed by atoms with van der Waals surface area (Å²) in [6.07, 6.45) is 2.00. The van der Waals surface area contributed by atoms with Crippen molar-refractivity contribution in [2.75, 3.05) is 7.11 Å². The molecule has 0 spiro atoms. The molecule has 0 unspecified atom stereocenters. The first kappa shape index (κ1) is 12.9. The first-order chi connectivity index (χ1) is 9.81. The smallest absolute Gasteiger partial charge is 0.313 e. The molecule has 0 saturated carbocycles. The van der Waals surface area contributed by atoms with E-state index < -0.39 is 0 Å². The first-order valence-electron chi connectivity index (χ1n) is 7.02. The lowest BCUT2D eigenvalue weighted by atomic mass is 9.72. The van der Waals surface area contributed by atoms with E-state index in [2.05, 4.69) is 24.3 Å². The Bertz CT molecular complexity index is 604. The zero-order chi connectivity index (χ0) is 13.9. The number of methoxy groups -OCH3 is 1. The third kappa shape index (κ3) is 2.22. The summed E-state index contributed by atoms with van der Waals surface area (Å²) in [6, 6.07) is 18.5. The van der Waals surface area contributed by atoms with Crippen molar-refractivity contribution in [3.63, 3.8) is 0 Å². The number of fused-ring (bicyclic) bond motifs is 1. The lowest BCUT2D eigenvalue weighted by molar-refractivity contribution is -0.143. The summed E-state index contributed by atoms with van der Waals surface area (Å²) in [5, 5.41) is 0. The van der Waals surface area contributed by atoms with Gasteiger partial charge in [0.25, 0.3) is 0 Å². The number of hydrogen-bond acceptors (Lipinski definition) is 2. The van der Waals surface area contributed by atoms with Gasteiger partial charge in [0, 0.05) is 5.92 Å². The summed E-state index contributed by atoms with van der Waals surface area (Å²) in [7, 11) is 1.47. The third-order valence-electron chi connectivity index (χ3n) is 4.20. The molecule has 1 aliphatic rings. The zero-order valence-corrected chi connectivity index (χ0v) is 11.6. The maximum atomic E-state index is 12.3. The molecular formula is C18H18O2. The molecule has 0 bridgehead atoms. The fraction of sp³-hybridized carbons (Fsp3) is 0.278. The van der Waals surface area contributed by atoms with Crippen molar-refractivity contribution in [1.29, 1.82) is 0 Å². The molecule has 102 valence electrons. The van der Waals surface area contributed by atoms with E-state index in [1.54, 1.807) is 0 Å². The van der Waals surface area contributed by atoms with Gasteiger partial charge in [-0.2, -0.15) is 0 Å². The number of ether oxygens (including phenoxy) is 1. The largest absolute Gasteiger partial charge is 0.469 e. The lowest BCUT2D eigenvalue weighted by Gasteiger charge is -2.32. The molecule has 0 saturated heterocycles. The molecule has 2 aromatic rings. The second kappa shape index (κ2) is 5.49. The Labute approximate surface area is 119 Å². The summed E-state index contributed by atoms with van der Waals surface area (Å²) in [6.45, 7) is 0. The topological polar surface area (TPSA) is 26.3 Å². The summed E-state index contributed by atoms with van der Waals surface area (Å²) in [5.41, 5.74) is 3.62. The molecule has 0 aromatic heterocycles. The van der Waals surface area contributed by atoms with Crippen LogP contribution in [0.25, 0.3) is 0 Å². The van der Waals surface area contributed by atoms with Gasteiger partial charge in [0.05, 0.1) is 13.0 Å². The number of aryl methyl sites for hydroxylation is 1. The summed E-state index contributed by atoms with van der Waals surface area (Å²) in [4.78, 5) is 12.3. The summed E-state index contributed by atoms with van der Waals surface area (Å²) < 4.78 is 5.06. The van der Waals surface area contributed by atoms with E-state index in [4.69, 9.17) is 4.74 Å². The minimum atomic E-state index is -0.188.